The van der Waals surface area contributed by atoms with E-state index in [0.29, 0.717) is 5.56 Å². The van der Waals surface area contributed by atoms with Crippen LogP contribution in [0.15, 0.2) is 35.4 Å². The van der Waals surface area contributed by atoms with Crippen molar-refractivity contribution in [1.29, 1.82) is 5.26 Å². The molecule has 1 aromatic heterocycles. The number of nitrogens with two attached hydrogens (primary N) is 1. The molecule has 3 N–H and O–H groups in total. The SMILES string of the molecule is Cc1ccnc(Cl)c1NS(=O)(=O)c1ccc(C#N)cc1N. The van der Waals surface area contributed by atoms with E-state index >= 15 is 0 Å². The van der Waals surface area contributed by atoms with Gasteiger partial charge in [-0.1, -0.05) is 11.6 Å². The maximum atomic E-state index is 12.4. The zero-order valence-electron chi connectivity index (χ0n) is 11.0. The summed E-state index contributed by atoms with van der Waals surface area (Å²) in [5.41, 5.74) is 6.79. The molecule has 0 saturated carbocycles. The van der Waals surface area contributed by atoms with Crippen LogP contribution in [0.3, 0.4) is 0 Å². The van der Waals surface area contributed by atoms with Gasteiger partial charge in [0.25, 0.3) is 10.0 Å². The molecule has 0 spiro atoms. The van der Waals surface area contributed by atoms with Gasteiger partial charge in [0.15, 0.2) is 5.15 Å². The first-order valence-electron chi connectivity index (χ1n) is 5.78. The van der Waals surface area contributed by atoms with Crippen LogP contribution >= 0.6 is 11.6 Å². The average molecular weight is 323 g/mol. The Morgan fingerprint density at radius 1 is 1.38 bits per heavy atom. The first-order chi connectivity index (χ1) is 9.85. The van der Waals surface area contributed by atoms with E-state index in [1.807, 2.05) is 6.07 Å². The van der Waals surface area contributed by atoms with Gasteiger partial charge in [-0.05, 0) is 36.8 Å². The predicted octanol–water partition coefficient (Wildman–Crippen LogP) is 2.30. The number of nitrogens with one attached hydrogen (secondary N) is 1. The van der Waals surface area contributed by atoms with Crippen molar-refractivity contribution in [3.05, 3.63) is 46.7 Å². The fourth-order valence-electron chi connectivity index (χ4n) is 1.70. The summed E-state index contributed by atoms with van der Waals surface area (Å²) in [6.45, 7) is 1.70. The first-order valence-corrected chi connectivity index (χ1v) is 7.65. The highest BCUT2D eigenvalue weighted by Crippen LogP contribution is 2.28. The van der Waals surface area contributed by atoms with Gasteiger partial charge in [0, 0.05) is 6.20 Å². The molecule has 2 rings (SSSR count). The molecule has 8 heteroatoms. The van der Waals surface area contributed by atoms with Crippen molar-refractivity contribution in [2.45, 2.75) is 11.8 Å². The number of anilines is 2. The second-order valence-corrected chi connectivity index (χ2v) is 6.27. The normalized spacial score (nSPS) is 10.9. The Balaban J connectivity index is 2.47. The van der Waals surface area contributed by atoms with Crippen molar-refractivity contribution in [3.63, 3.8) is 0 Å². The third-order valence-electron chi connectivity index (χ3n) is 2.78. The molecule has 0 fully saturated rings. The first kappa shape index (κ1) is 15.1. The van der Waals surface area contributed by atoms with E-state index in [-0.39, 0.29) is 27.0 Å². The van der Waals surface area contributed by atoms with Gasteiger partial charge < -0.3 is 5.73 Å². The standard InChI is InChI=1S/C13H11ClN4O2S/c1-8-4-5-17-13(14)12(8)18-21(19,20)11-3-2-9(7-15)6-10(11)16/h2-6,18H,16H2,1H3. The monoisotopic (exact) mass is 322 g/mol. The minimum Gasteiger partial charge on any atom is -0.398 e. The van der Waals surface area contributed by atoms with Crippen LogP contribution in [-0.4, -0.2) is 13.4 Å². The lowest BCUT2D eigenvalue weighted by Gasteiger charge is -2.12. The van der Waals surface area contributed by atoms with Gasteiger partial charge in [-0.15, -0.1) is 0 Å². The highest BCUT2D eigenvalue weighted by molar-refractivity contribution is 7.92. The summed E-state index contributed by atoms with van der Waals surface area (Å²) in [6.07, 6.45) is 1.48. The van der Waals surface area contributed by atoms with Crippen molar-refractivity contribution in [3.8, 4) is 6.07 Å². The summed E-state index contributed by atoms with van der Waals surface area (Å²) >= 11 is 5.90. The number of hydrogen-bond donors (Lipinski definition) is 2. The Bertz CT molecular complexity index is 823. The van der Waals surface area contributed by atoms with E-state index in [4.69, 9.17) is 22.6 Å². The maximum Gasteiger partial charge on any atom is 0.264 e. The molecule has 108 valence electrons. The van der Waals surface area contributed by atoms with Gasteiger partial charge >= 0.3 is 0 Å². The number of pyridine rings is 1. The number of nitrogen functional groups attached to an aromatic ring is 1. The van der Waals surface area contributed by atoms with Gasteiger partial charge in [-0.25, -0.2) is 13.4 Å². The second kappa shape index (κ2) is 5.60. The van der Waals surface area contributed by atoms with Crippen LogP contribution in [0.25, 0.3) is 0 Å². The van der Waals surface area contributed by atoms with Gasteiger partial charge in [-0.2, -0.15) is 5.26 Å². The quantitative estimate of drug-likeness (QED) is 0.665. The minimum absolute atomic E-state index is 0.0146. The largest absolute Gasteiger partial charge is 0.398 e. The van der Waals surface area contributed by atoms with Gasteiger partial charge in [-0.3, -0.25) is 4.72 Å². The molecule has 0 aliphatic carbocycles. The number of benzene rings is 1. The van der Waals surface area contributed by atoms with Crippen LogP contribution < -0.4 is 10.5 Å². The van der Waals surface area contributed by atoms with Crippen molar-refractivity contribution >= 4 is 33.0 Å². The maximum absolute atomic E-state index is 12.4. The highest BCUT2D eigenvalue weighted by Gasteiger charge is 2.20. The molecule has 6 nitrogen and oxygen atoms in total. The van der Waals surface area contributed by atoms with Gasteiger partial charge in [0.1, 0.15) is 4.90 Å². The molecule has 0 unspecified atom stereocenters. The topological polar surface area (TPSA) is 109 Å². The van der Waals surface area contributed by atoms with Crippen LogP contribution in [0.2, 0.25) is 5.15 Å². The van der Waals surface area contributed by atoms with Crippen LogP contribution in [0.4, 0.5) is 11.4 Å². The van der Waals surface area contributed by atoms with E-state index in [1.165, 1.54) is 24.4 Å². The molecular formula is C13H11ClN4O2S. The number of nitriles is 1. The average Bonchev–Trinajstić information content (AvgIpc) is 2.42. The number of nitrogens with zero attached hydrogens (tertiary/aromatic N) is 2. The van der Waals surface area contributed by atoms with Crippen LogP contribution in [-0.2, 0) is 10.0 Å². The number of hydrogen-bond acceptors (Lipinski definition) is 5. The summed E-state index contributed by atoms with van der Waals surface area (Å²) in [4.78, 5) is 3.71. The van der Waals surface area contributed by atoms with E-state index in [0.717, 1.165) is 0 Å². The van der Waals surface area contributed by atoms with Crippen molar-refractivity contribution in [2.24, 2.45) is 0 Å². The number of rotatable bonds is 3. The lowest BCUT2D eigenvalue weighted by molar-refractivity contribution is 0.601. The fourth-order valence-corrected chi connectivity index (χ4v) is 3.26. The Kier molecular flexibility index (Phi) is 4.02. The van der Waals surface area contributed by atoms with E-state index in [1.54, 1.807) is 13.0 Å². The predicted molar refractivity (Wildman–Crippen MR) is 80.4 cm³/mol. The third kappa shape index (κ3) is 3.07. The Hall–Kier alpha value is -2.30. The van der Waals surface area contributed by atoms with Gasteiger partial charge in [0.05, 0.1) is 23.0 Å². The zero-order valence-corrected chi connectivity index (χ0v) is 12.5. The molecule has 1 aromatic carbocycles. The molecule has 0 atom stereocenters. The Morgan fingerprint density at radius 2 is 2.10 bits per heavy atom. The number of sulfonamides is 1. The summed E-state index contributed by atoms with van der Waals surface area (Å²) in [7, 11) is -3.92. The Labute approximate surface area is 127 Å². The van der Waals surface area contributed by atoms with E-state index < -0.39 is 10.0 Å². The Morgan fingerprint density at radius 3 is 2.67 bits per heavy atom. The van der Waals surface area contributed by atoms with Crippen molar-refractivity contribution < 1.29 is 8.42 Å². The molecule has 0 amide bonds. The van der Waals surface area contributed by atoms with Crippen molar-refractivity contribution in [1.82, 2.24) is 4.98 Å². The van der Waals surface area contributed by atoms with E-state index in [2.05, 4.69) is 9.71 Å². The third-order valence-corrected chi connectivity index (χ3v) is 4.49. The molecule has 0 aliphatic rings. The van der Waals surface area contributed by atoms with Crippen molar-refractivity contribution in [2.75, 3.05) is 10.5 Å². The van der Waals surface area contributed by atoms with Crippen LogP contribution in [0.5, 0.6) is 0 Å². The molecule has 21 heavy (non-hydrogen) atoms. The molecule has 0 bridgehead atoms. The number of aryl methyl sites for hydroxylation is 1. The fraction of sp³-hybridized carbons (Fsp3) is 0.0769. The summed E-state index contributed by atoms with van der Waals surface area (Å²) in [6, 6.07) is 7.47. The smallest absolute Gasteiger partial charge is 0.264 e. The molecule has 1 heterocycles. The lowest BCUT2D eigenvalue weighted by atomic mass is 10.2. The molecule has 0 aliphatic heterocycles. The second-order valence-electron chi connectivity index (χ2n) is 4.26. The summed E-state index contributed by atoms with van der Waals surface area (Å²) in [5, 5.41) is 8.81. The molecule has 0 radical (unpaired) electrons. The van der Waals surface area contributed by atoms with Crippen LogP contribution in [0, 0.1) is 18.3 Å². The molecule has 2 aromatic rings. The van der Waals surface area contributed by atoms with Crippen LogP contribution in [0.1, 0.15) is 11.1 Å². The molecular weight excluding hydrogens is 312 g/mol. The highest BCUT2D eigenvalue weighted by atomic mass is 35.5. The lowest BCUT2D eigenvalue weighted by Crippen LogP contribution is -2.16. The zero-order chi connectivity index (χ0) is 15.6. The minimum atomic E-state index is -3.92. The van der Waals surface area contributed by atoms with E-state index in [9.17, 15) is 8.42 Å². The number of halogens is 1. The summed E-state index contributed by atoms with van der Waals surface area (Å²) < 4.78 is 27.1. The molecule has 0 saturated heterocycles. The summed E-state index contributed by atoms with van der Waals surface area (Å²) in [5.74, 6) is 0. The number of aromatic nitrogens is 1. The van der Waals surface area contributed by atoms with Gasteiger partial charge in [0.2, 0.25) is 0 Å².